The lowest BCUT2D eigenvalue weighted by atomic mass is 10.1. The number of nitrogens with two attached hydrogens (primary N) is 1. The molecule has 1 aromatic carbocycles. The van der Waals surface area contributed by atoms with Crippen molar-refractivity contribution in [3.63, 3.8) is 0 Å². The molecule has 5 nitrogen and oxygen atoms in total. The summed E-state index contributed by atoms with van der Waals surface area (Å²) in [6, 6.07) is 6.18. The minimum absolute atomic E-state index is 0.157. The van der Waals surface area contributed by atoms with Crippen LogP contribution in [0.25, 0.3) is 0 Å². The van der Waals surface area contributed by atoms with E-state index in [0.717, 1.165) is 0 Å². The van der Waals surface area contributed by atoms with Gasteiger partial charge in [-0.1, -0.05) is 11.6 Å². The van der Waals surface area contributed by atoms with E-state index in [4.69, 9.17) is 21.8 Å². The summed E-state index contributed by atoms with van der Waals surface area (Å²) in [7, 11) is 0. The molecule has 0 aliphatic rings. The van der Waals surface area contributed by atoms with Gasteiger partial charge in [-0.3, -0.25) is 9.59 Å². The largest absolute Gasteiger partial charge is 0.466 e. The summed E-state index contributed by atoms with van der Waals surface area (Å²) in [5.74, 6) is 0.212. The monoisotopic (exact) mass is 292 g/mol. The highest BCUT2D eigenvalue weighted by Crippen LogP contribution is 2.21. The van der Waals surface area contributed by atoms with Gasteiger partial charge in [0.1, 0.15) is 11.5 Å². The molecule has 0 saturated heterocycles. The summed E-state index contributed by atoms with van der Waals surface area (Å²) in [5.41, 5.74) is 6.24. The predicted molar refractivity (Wildman–Crippen MR) is 76.1 cm³/mol. The van der Waals surface area contributed by atoms with Gasteiger partial charge in [-0.15, -0.1) is 0 Å². The number of nitrogens with one attached hydrogen (secondary N) is 1. The number of anilines is 1. The number of halogens is 1. The maximum absolute atomic E-state index is 12.1. The van der Waals surface area contributed by atoms with Crippen molar-refractivity contribution in [2.45, 2.75) is 13.8 Å². The van der Waals surface area contributed by atoms with Crippen LogP contribution in [0.3, 0.4) is 0 Å². The van der Waals surface area contributed by atoms with Gasteiger partial charge in [0, 0.05) is 5.69 Å². The summed E-state index contributed by atoms with van der Waals surface area (Å²) >= 11 is 5.84. The van der Waals surface area contributed by atoms with Crippen LogP contribution < -0.4 is 11.1 Å². The Labute approximate surface area is 120 Å². The third kappa shape index (κ3) is 2.83. The summed E-state index contributed by atoms with van der Waals surface area (Å²) in [6.07, 6.45) is 0. The van der Waals surface area contributed by atoms with Gasteiger partial charge in [-0.2, -0.15) is 0 Å². The molecular formula is C14H13ClN2O3. The van der Waals surface area contributed by atoms with Crippen LogP contribution in [0.5, 0.6) is 0 Å². The molecule has 1 aromatic heterocycles. The molecule has 0 aliphatic carbocycles. The van der Waals surface area contributed by atoms with Gasteiger partial charge < -0.3 is 15.5 Å². The molecule has 1 heterocycles. The number of rotatable bonds is 3. The molecule has 0 unspecified atom stereocenters. The Morgan fingerprint density at radius 3 is 2.45 bits per heavy atom. The fourth-order valence-corrected chi connectivity index (χ4v) is 2.06. The molecule has 0 bridgehead atoms. The number of amides is 2. The first-order valence-electron chi connectivity index (χ1n) is 5.86. The minimum Gasteiger partial charge on any atom is -0.466 e. The van der Waals surface area contributed by atoms with Crippen LogP contribution >= 0.6 is 11.6 Å². The highest BCUT2D eigenvalue weighted by Gasteiger charge is 2.15. The van der Waals surface area contributed by atoms with Crippen molar-refractivity contribution in [3.8, 4) is 0 Å². The van der Waals surface area contributed by atoms with Crippen LogP contribution in [-0.4, -0.2) is 11.8 Å². The molecule has 0 aliphatic heterocycles. The topological polar surface area (TPSA) is 85.3 Å². The molecule has 0 fully saturated rings. The molecule has 2 amide bonds. The first-order valence-corrected chi connectivity index (χ1v) is 6.24. The van der Waals surface area contributed by atoms with Crippen molar-refractivity contribution in [2.24, 2.45) is 5.73 Å². The molecule has 6 heteroatoms. The van der Waals surface area contributed by atoms with E-state index in [2.05, 4.69) is 5.32 Å². The smallest absolute Gasteiger partial charge is 0.259 e. The van der Waals surface area contributed by atoms with E-state index in [1.165, 1.54) is 12.1 Å². The number of carbonyl (C=O) groups is 2. The number of furan rings is 1. The Balaban J connectivity index is 2.26. The molecule has 0 spiro atoms. The second-order valence-electron chi connectivity index (χ2n) is 4.34. The quantitative estimate of drug-likeness (QED) is 0.912. The molecule has 0 radical (unpaired) electrons. The van der Waals surface area contributed by atoms with Gasteiger partial charge in [-0.25, -0.2) is 0 Å². The third-order valence-electron chi connectivity index (χ3n) is 2.78. The fourth-order valence-electron chi connectivity index (χ4n) is 1.85. The molecule has 20 heavy (non-hydrogen) atoms. The number of hydrogen-bond acceptors (Lipinski definition) is 3. The lowest BCUT2D eigenvalue weighted by molar-refractivity contribution is 0.0996. The Morgan fingerprint density at radius 1 is 1.20 bits per heavy atom. The van der Waals surface area contributed by atoms with E-state index < -0.39 is 5.91 Å². The number of primary amides is 1. The van der Waals surface area contributed by atoms with Gasteiger partial charge >= 0.3 is 0 Å². The fraction of sp³-hybridized carbons (Fsp3) is 0.143. The van der Waals surface area contributed by atoms with E-state index in [-0.39, 0.29) is 16.5 Å². The molecule has 104 valence electrons. The Hall–Kier alpha value is -2.27. The zero-order valence-electron chi connectivity index (χ0n) is 11.0. The first-order chi connectivity index (χ1) is 9.38. The molecule has 2 rings (SSSR count). The van der Waals surface area contributed by atoms with Gasteiger partial charge in [0.05, 0.1) is 16.1 Å². The Bertz CT molecular complexity index is 692. The van der Waals surface area contributed by atoms with Crippen molar-refractivity contribution < 1.29 is 14.0 Å². The lowest BCUT2D eigenvalue weighted by Gasteiger charge is -2.07. The van der Waals surface area contributed by atoms with Crippen LogP contribution in [0.15, 0.2) is 28.7 Å². The highest BCUT2D eigenvalue weighted by molar-refractivity contribution is 6.34. The maximum atomic E-state index is 12.1. The number of benzene rings is 1. The maximum Gasteiger partial charge on any atom is 0.259 e. The van der Waals surface area contributed by atoms with Crippen molar-refractivity contribution in [1.82, 2.24) is 0 Å². The average molecular weight is 293 g/mol. The summed E-state index contributed by atoms with van der Waals surface area (Å²) < 4.78 is 5.30. The first kappa shape index (κ1) is 14.1. The van der Waals surface area contributed by atoms with E-state index in [1.54, 1.807) is 26.0 Å². The van der Waals surface area contributed by atoms with Gasteiger partial charge in [0.2, 0.25) is 5.91 Å². The Morgan fingerprint density at radius 2 is 1.90 bits per heavy atom. The van der Waals surface area contributed by atoms with E-state index >= 15 is 0 Å². The zero-order chi connectivity index (χ0) is 14.9. The second kappa shape index (κ2) is 5.38. The molecule has 0 saturated carbocycles. The standard InChI is InChI=1S/C14H13ClN2O3/c1-7-5-10(8(2)20-7)14(19)17-9-3-4-12(15)11(6-9)13(16)18/h3-6H,1-2H3,(H2,16,18)(H,17,19). The molecule has 0 atom stereocenters. The lowest BCUT2D eigenvalue weighted by Crippen LogP contribution is -2.15. The third-order valence-corrected chi connectivity index (χ3v) is 3.10. The van der Waals surface area contributed by atoms with Gasteiger partial charge in [0.25, 0.3) is 5.91 Å². The predicted octanol–water partition coefficient (Wildman–Crippen LogP) is 2.90. The van der Waals surface area contributed by atoms with Crippen molar-refractivity contribution in [2.75, 3.05) is 5.32 Å². The van der Waals surface area contributed by atoms with Crippen LogP contribution in [0.4, 0.5) is 5.69 Å². The van der Waals surface area contributed by atoms with Gasteiger partial charge in [-0.05, 0) is 38.1 Å². The van der Waals surface area contributed by atoms with E-state index in [0.29, 0.717) is 22.8 Å². The van der Waals surface area contributed by atoms with Crippen molar-refractivity contribution in [3.05, 3.63) is 51.9 Å². The van der Waals surface area contributed by atoms with E-state index in [1.807, 2.05) is 0 Å². The van der Waals surface area contributed by atoms with Crippen LogP contribution in [0.1, 0.15) is 32.2 Å². The Kier molecular flexibility index (Phi) is 3.81. The summed E-state index contributed by atoms with van der Waals surface area (Å²) in [6.45, 7) is 3.47. The van der Waals surface area contributed by atoms with E-state index in [9.17, 15) is 9.59 Å². The zero-order valence-corrected chi connectivity index (χ0v) is 11.7. The van der Waals surface area contributed by atoms with Crippen LogP contribution in [0.2, 0.25) is 5.02 Å². The van der Waals surface area contributed by atoms with Crippen molar-refractivity contribution >= 4 is 29.1 Å². The molecule has 3 N–H and O–H groups in total. The van der Waals surface area contributed by atoms with Gasteiger partial charge in [0.15, 0.2) is 0 Å². The number of carbonyl (C=O) groups excluding carboxylic acids is 2. The normalized spacial score (nSPS) is 10.3. The van der Waals surface area contributed by atoms with Crippen LogP contribution in [-0.2, 0) is 0 Å². The number of aryl methyl sites for hydroxylation is 2. The summed E-state index contributed by atoms with van der Waals surface area (Å²) in [5, 5.41) is 2.91. The highest BCUT2D eigenvalue weighted by atomic mass is 35.5. The van der Waals surface area contributed by atoms with Crippen molar-refractivity contribution in [1.29, 1.82) is 0 Å². The molecule has 2 aromatic rings. The van der Waals surface area contributed by atoms with Crippen LogP contribution in [0, 0.1) is 13.8 Å². The summed E-state index contributed by atoms with van der Waals surface area (Å²) in [4.78, 5) is 23.3. The second-order valence-corrected chi connectivity index (χ2v) is 4.75. The SMILES string of the molecule is Cc1cc(C(=O)Nc2ccc(Cl)c(C(N)=O)c2)c(C)o1. The molecular weight excluding hydrogens is 280 g/mol. The minimum atomic E-state index is -0.651. The number of hydrogen-bond donors (Lipinski definition) is 2. The average Bonchev–Trinajstić information content (AvgIpc) is 2.70.